The van der Waals surface area contributed by atoms with Crippen molar-refractivity contribution < 1.29 is 0 Å². The molecule has 4 nitrogen and oxygen atoms in total. The first-order valence-corrected chi connectivity index (χ1v) is 9.04. The van der Waals surface area contributed by atoms with Crippen LogP contribution in [0.5, 0.6) is 0 Å². The van der Waals surface area contributed by atoms with Gasteiger partial charge in [-0.05, 0) is 42.8 Å². The van der Waals surface area contributed by atoms with Crippen LogP contribution >= 0.6 is 23.8 Å². The number of benzene rings is 1. The minimum atomic E-state index is 0.0806. The third kappa shape index (κ3) is 4.22. The number of thiocarbonyl (C=S) groups is 1. The van der Waals surface area contributed by atoms with Crippen molar-refractivity contribution in [3.05, 3.63) is 53.4 Å². The van der Waals surface area contributed by atoms with E-state index in [-0.39, 0.29) is 5.41 Å². The summed E-state index contributed by atoms with van der Waals surface area (Å²) in [6, 6.07) is 8.23. The maximum absolute atomic E-state index is 6.22. The van der Waals surface area contributed by atoms with Crippen molar-refractivity contribution >= 4 is 34.7 Å². The van der Waals surface area contributed by atoms with E-state index in [9.17, 15) is 0 Å². The number of hydrogen-bond acceptors (Lipinski definition) is 3. The largest absolute Gasteiger partial charge is 0.362 e. The Balaban J connectivity index is 1.70. The average Bonchev–Trinajstić information content (AvgIpc) is 2.62. The van der Waals surface area contributed by atoms with Gasteiger partial charge in [0.1, 0.15) is 0 Å². The summed E-state index contributed by atoms with van der Waals surface area (Å²) in [6.07, 6.45) is 11.0. The Kier molecular flexibility index (Phi) is 5.63. The minimum absolute atomic E-state index is 0.0806. The van der Waals surface area contributed by atoms with Crippen LogP contribution in [-0.4, -0.2) is 21.6 Å². The van der Waals surface area contributed by atoms with Crippen LogP contribution in [-0.2, 0) is 5.41 Å². The summed E-state index contributed by atoms with van der Waals surface area (Å²) >= 11 is 11.6. The van der Waals surface area contributed by atoms with Crippen molar-refractivity contribution in [1.82, 2.24) is 15.3 Å². The monoisotopic (exact) mass is 360 g/mol. The molecule has 0 radical (unpaired) electrons. The number of halogens is 1. The van der Waals surface area contributed by atoms with E-state index in [0.717, 1.165) is 24.4 Å². The lowest BCUT2D eigenvalue weighted by Crippen LogP contribution is -2.43. The fourth-order valence-corrected chi connectivity index (χ4v) is 3.76. The third-order valence-electron chi connectivity index (χ3n) is 4.64. The van der Waals surface area contributed by atoms with Crippen LogP contribution in [0.4, 0.5) is 5.82 Å². The molecule has 0 bridgehead atoms. The summed E-state index contributed by atoms with van der Waals surface area (Å²) in [5.74, 6) is 0.649. The van der Waals surface area contributed by atoms with Crippen molar-refractivity contribution in [3.8, 4) is 0 Å². The molecule has 1 heterocycles. The van der Waals surface area contributed by atoms with Crippen molar-refractivity contribution in [3.63, 3.8) is 0 Å². The molecule has 24 heavy (non-hydrogen) atoms. The molecule has 3 rings (SSSR count). The highest BCUT2D eigenvalue weighted by atomic mass is 35.5. The second-order valence-electron chi connectivity index (χ2n) is 6.25. The van der Waals surface area contributed by atoms with Crippen molar-refractivity contribution in [2.45, 2.75) is 37.5 Å². The predicted molar refractivity (Wildman–Crippen MR) is 102 cm³/mol. The van der Waals surface area contributed by atoms with E-state index in [2.05, 4.69) is 32.7 Å². The molecule has 1 aromatic carbocycles. The second-order valence-corrected chi connectivity index (χ2v) is 7.09. The van der Waals surface area contributed by atoms with Crippen LogP contribution in [0.25, 0.3) is 0 Å². The van der Waals surface area contributed by atoms with Gasteiger partial charge in [-0.3, -0.25) is 4.98 Å². The molecule has 1 aromatic heterocycles. The van der Waals surface area contributed by atoms with Gasteiger partial charge in [-0.25, -0.2) is 4.98 Å². The molecule has 2 N–H and O–H groups in total. The molecule has 1 aliphatic rings. The molecular weight excluding hydrogens is 340 g/mol. The van der Waals surface area contributed by atoms with Crippen molar-refractivity contribution in [2.75, 3.05) is 11.9 Å². The highest BCUT2D eigenvalue weighted by Crippen LogP contribution is 2.39. The van der Waals surface area contributed by atoms with Crippen LogP contribution in [0.15, 0.2) is 42.9 Å². The lowest BCUT2D eigenvalue weighted by Gasteiger charge is -2.38. The first-order chi connectivity index (χ1) is 11.7. The molecule has 6 heteroatoms. The lowest BCUT2D eigenvalue weighted by atomic mass is 9.69. The first-order valence-electron chi connectivity index (χ1n) is 8.25. The standard InChI is InChI=1S/C18H21ClN4S/c19-15-6-4-5-14(11-15)18(7-2-1-3-8-18)13-22-17(24)23-16-12-20-9-10-21-16/h4-6,9-12H,1-3,7-8,13H2,(H2,21,22,23,24). The molecule has 2 aromatic rings. The van der Waals surface area contributed by atoms with Gasteiger partial charge in [0, 0.05) is 29.4 Å². The fourth-order valence-electron chi connectivity index (χ4n) is 3.39. The minimum Gasteiger partial charge on any atom is -0.362 e. The lowest BCUT2D eigenvalue weighted by molar-refractivity contribution is 0.292. The highest BCUT2D eigenvalue weighted by Gasteiger charge is 2.34. The summed E-state index contributed by atoms with van der Waals surface area (Å²) in [5.41, 5.74) is 1.38. The van der Waals surface area contributed by atoms with Crippen LogP contribution in [0.1, 0.15) is 37.7 Å². The Morgan fingerprint density at radius 2 is 2.04 bits per heavy atom. The summed E-state index contributed by atoms with van der Waals surface area (Å²) in [5, 5.41) is 7.81. The van der Waals surface area contributed by atoms with Gasteiger partial charge in [0.2, 0.25) is 0 Å². The van der Waals surface area contributed by atoms with E-state index in [1.165, 1.54) is 24.8 Å². The Morgan fingerprint density at radius 1 is 1.21 bits per heavy atom. The molecule has 1 aliphatic carbocycles. The van der Waals surface area contributed by atoms with Crippen molar-refractivity contribution in [1.29, 1.82) is 0 Å². The summed E-state index contributed by atoms with van der Waals surface area (Å²) in [6.45, 7) is 0.791. The zero-order valence-corrected chi connectivity index (χ0v) is 15.0. The number of anilines is 1. The summed E-state index contributed by atoms with van der Waals surface area (Å²) < 4.78 is 0. The van der Waals surface area contributed by atoms with E-state index in [1.54, 1.807) is 18.6 Å². The molecular formula is C18H21ClN4S. The quantitative estimate of drug-likeness (QED) is 0.795. The first kappa shape index (κ1) is 17.1. The second kappa shape index (κ2) is 7.90. The maximum Gasteiger partial charge on any atom is 0.172 e. The zero-order chi connectivity index (χ0) is 16.8. The van der Waals surface area contributed by atoms with Gasteiger partial charge in [0.25, 0.3) is 0 Å². The van der Waals surface area contributed by atoms with Crippen LogP contribution in [0.2, 0.25) is 5.02 Å². The van der Waals surface area contributed by atoms with Gasteiger partial charge < -0.3 is 10.6 Å². The third-order valence-corrected chi connectivity index (χ3v) is 5.12. The normalized spacial score (nSPS) is 16.4. The Bertz CT molecular complexity index is 686. The molecule has 1 fully saturated rings. The Morgan fingerprint density at radius 3 is 2.75 bits per heavy atom. The average molecular weight is 361 g/mol. The number of hydrogen-bond donors (Lipinski definition) is 2. The van der Waals surface area contributed by atoms with Gasteiger partial charge >= 0.3 is 0 Å². The maximum atomic E-state index is 6.22. The number of rotatable bonds is 4. The molecule has 0 atom stereocenters. The molecule has 0 aliphatic heterocycles. The van der Waals surface area contributed by atoms with Gasteiger partial charge in [-0.15, -0.1) is 0 Å². The van der Waals surface area contributed by atoms with E-state index in [1.807, 2.05) is 12.1 Å². The summed E-state index contributed by atoms with van der Waals surface area (Å²) in [4.78, 5) is 8.21. The van der Waals surface area contributed by atoms with E-state index in [4.69, 9.17) is 23.8 Å². The molecule has 0 unspecified atom stereocenters. The highest BCUT2D eigenvalue weighted by molar-refractivity contribution is 7.80. The van der Waals surface area contributed by atoms with Crippen LogP contribution < -0.4 is 10.6 Å². The van der Waals surface area contributed by atoms with Gasteiger partial charge in [0.15, 0.2) is 10.9 Å². The molecule has 0 spiro atoms. The predicted octanol–water partition coefficient (Wildman–Crippen LogP) is 4.32. The summed E-state index contributed by atoms with van der Waals surface area (Å²) in [7, 11) is 0. The number of nitrogens with zero attached hydrogens (tertiary/aromatic N) is 2. The zero-order valence-electron chi connectivity index (χ0n) is 13.5. The smallest absolute Gasteiger partial charge is 0.172 e. The van der Waals surface area contributed by atoms with Crippen LogP contribution in [0, 0.1) is 0 Å². The SMILES string of the molecule is S=C(NCC1(c2cccc(Cl)c2)CCCCC1)Nc1cnccn1. The van der Waals surface area contributed by atoms with E-state index in [0.29, 0.717) is 10.9 Å². The fraction of sp³-hybridized carbons (Fsp3) is 0.389. The van der Waals surface area contributed by atoms with Gasteiger partial charge in [-0.2, -0.15) is 0 Å². The van der Waals surface area contributed by atoms with Crippen molar-refractivity contribution in [2.24, 2.45) is 0 Å². The number of aromatic nitrogens is 2. The van der Waals surface area contributed by atoms with E-state index < -0.39 is 0 Å². The van der Waals surface area contributed by atoms with Crippen LogP contribution in [0.3, 0.4) is 0 Å². The topological polar surface area (TPSA) is 49.8 Å². The number of nitrogens with one attached hydrogen (secondary N) is 2. The molecule has 126 valence electrons. The van der Waals surface area contributed by atoms with E-state index >= 15 is 0 Å². The van der Waals surface area contributed by atoms with Gasteiger partial charge in [-0.1, -0.05) is 43.0 Å². The Labute approximate surface area is 153 Å². The molecule has 1 saturated carbocycles. The van der Waals surface area contributed by atoms with Gasteiger partial charge in [0.05, 0.1) is 6.20 Å². The molecule has 0 amide bonds. The molecule has 0 saturated heterocycles. The Hall–Kier alpha value is -1.72.